The Labute approximate surface area is 131 Å². The normalized spacial score (nSPS) is 12.4. The Morgan fingerprint density at radius 2 is 1.91 bits per heavy atom. The highest BCUT2D eigenvalue weighted by atomic mass is 16.6. The summed E-state index contributed by atoms with van der Waals surface area (Å²) in [6, 6.07) is 4.00. The minimum atomic E-state index is -1.04. The molecule has 22 heavy (non-hydrogen) atoms. The fraction of sp³-hybridized carbons (Fsp3) is 0.588. The van der Waals surface area contributed by atoms with Crippen LogP contribution in [0, 0.1) is 0 Å². The summed E-state index contributed by atoms with van der Waals surface area (Å²) >= 11 is 0. The van der Waals surface area contributed by atoms with E-state index in [9.17, 15) is 15.0 Å². The zero-order chi connectivity index (χ0) is 16.5. The molecule has 1 aromatic carbocycles. The second-order valence-corrected chi connectivity index (χ2v) is 5.54. The molecule has 1 atom stereocenters. The van der Waals surface area contributed by atoms with Crippen LogP contribution in [0.5, 0.6) is 11.5 Å². The molecular weight excluding hydrogens is 284 g/mol. The maximum atomic E-state index is 12.2. The zero-order valence-corrected chi connectivity index (χ0v) is 13.5. The van der Waals surface area contributed by atoms with Gasteiger partial charge in [-0.3, -0.25) is 0 Å². The van der Waals surface area contributed by atoms with E-state index in [0.717, 1.165) is 25.7 Å². The molecule has 0 heterocycles. The quantitative estimate of drug-likeness (QED) is 0.413. The van der Waals surface area contributed by atoms with E-state index >= 15 is 0 Å². The molecule has 2 N–H and O–H groups in total. The van der Waals surface area contributed by atoms with Crippen molar-refractivity contribution in [1.29, 1.82) is 0 Å². The van der Waals surface area contributed by atoms with Crippen molar-refractivity contribution >= 4 is 5.97 Å². The first-order valence-electron chi connectivity index (χ1n) is 7.79. The summed E-state index contributed by atoms with van der Waals surface area (Å²) in [4.78, 5) is 12.2. The zero-order valence-electron chi connectivity index (χ0n) is 13.5. The van der Waals surface area contributed by atoms with Crippen molar-refractivity contribution in [3.05, 3.63) is 23.8 Å². The van der Waals surface area contributed by atoms with E-state index < -0.39 is 12.1 Å². The summed E-state index contributed by atoms with van der Waals surface area (Å²) in [5, 5.41) is 19.5. The predicted octanol–water partition coefficient (Wildman–Crippen LogP) is 3.69. The lowest BCUT2D eigenvalue weighted by molar-refractivity contribution is -0.161. The van der Waals surface area contributed by atoms with Gasteiger partial charge in [0, 0.05) is 5.56 Å². The van der Waals surface area contributed by atoms with Gasteiger partial charge in [-0.05, 0) is 38.5 Å². The molecule has 0 aliphatic heterocycles. The van der Waals surface area contributed by atoms with Gasteiger partial charge in [-0.15, -0.1) is 0 Å². The second-order valence-electron chi connectivity index (χ2n) is 5.54. The van der Waals surface area contributed by atoms with Crippen molar-refractivity contribution in [3.63, 3.8) is 0 Å². The first-order valence-corrected chi connectivity index (χ1v) is 7.79. The Balaban J connectivity index is 2.75. The molecular formula is C17H26O5. The van der Waals surface area contributed by atoms with E-state index in [1.807, 2.05) is 0 Å². The van der Waals surface area contributed by atoms with Crippen LogP contribution >= 0.6 is 0 Å². The number of phenolic OH excluding ortho intramolecular Hbond substituents is 2. The molecule has 5 nitrogen and oxygen atoms in total. The van der Waals surface area contributed by atoms with E-state index in [-0.39, 0.29) is 23.2 Å². The van der Waals surface area contributed by atoms with Gasteiger partial charge in [-0.25, -0.2) is 4.79 Å². The number of aromatic hydroxyl groups is 2. The molecule has 0 saturated heterocycles. The Morgan fingerprint density at radius 3 is 2.55 bits per heavy atom. The van der Waals surface area contributed by atoms with Crippen molar-refractivity contribution in [2.24, 2.45) is 0 Å². The third-order valence-electron chi connectivity index (χ3n) is 3.16. The van der Waals surface area contributed by atoms with Crippen molar-refractivity contribution in [2.75, 3.05) is 6.61 Å². The number of phenols is 2. The molecule has 0 aliphatic carbocycles. The second kappa shape index (κ2) is 9.30. The highest BCUT2D eigenvalue weighted by Gasteiger charge is 2.27. The van der Waals surface area contributed by atoms with E-state index in [2.05, 4.69) is 6.92 Å². The van der Waals surface area contributed by atoms with Crippen molar-refractivity contribution in [1.82, 2.24) is 0 Å². The fourth-order valence-corrected chi connectivity index (χ4v) is 2.06. The maximum absolute atomic E-state index is 12.2. The molecule has 0 bridgehead atoms. The molecule has 5 heteroatoms. The van der Waals surface area contributed by atoms with E-state index in [4.69, 9.17) is 9.47 Å². The molecule has 1 aromatic rings. The highest BCUT2D eigenvalue weighted by molar-refractivity contribution is 5.77. The van der Waals surface area contributed by atoms with Crippen LogP contribution in [0.3, 0.4) is 0 Å². The largest absolute Gasteiger partial charge is 0.508 e. The molecule has 0 spiro atoms. The van der Waals surface area contributed by atoms with Crippen molar-refractivity contribution in [3.8, 4) is 11.5 Å². The lowest BCUT2D eigenvalue weighted by Crippen LogP contribution is -2.22. The van der Waals surface area contributed by atoms with E-state index in [0.29, 0.717) is 6.61 Å². The molecule has 0 aliphatic rings. The molecule has 0 amide bonds. The monoisotopic (exact) mass is 310 g/mol. The molecule has 1 rings (SSSR count). The number of benzene rings is 1. The molecule has 0 saturated carbocycles. The van der Waals surface area contributed by atoms with Gasteiger partial charge in [0.1, 0.15) is 11.5 Å². The number of hydrogen-bond acceptors (Lipinski definition) is 5. The van der Waals surface area contributed by atoms with Crippen LogP contribution < -0.4 is 0 Å². The predicted molar refractivity (Wildman–Crippen MR) is 83.8 cm³/mol. The molecule has 0 radical (unpaired) electrons. The van der Waals surface area contributed by atoms with E-state index in [1.54, 1.807) is 13.8 Å². The van der Waals surface area contributed by atoms with Gasteiger partial charge in [0.15, 0.2) is 6.10 Å². The van der Waals surface area contributed by atoms with Crippen LogP contribution in [-0.4, -0.2) is 28.9 Å². The van der Waals surface area contributed by atoms with E-state index in [1.165, 1.54) is 18.2 Å². The highest BCUT2D eigenvalue weighted by Crippen LogP contribution is 2.31. The van der Waals surface area contributed by atoms with Crippen LogP contribution in [0.2, 0.25) is 0 Å². The molecule has 0 aromatic heterocycles. The van der Waals surface area contributed by atoms with Crippen molar-refractivity contribution in [2.45, 2.75) is 58.7 Å². The lowest BCUT2D eigenvalue weighted by Gasteiger charge is -2.20. The van der Waals surface area contributed by atoms with Crippen LogP contribution in [0.4, 0.5) is 0 Å². The van der Waals surface area contributed by atoms with Gasteiger partial charge >= 0.3 is 5.97 Å². The standard InChI is InChI=1S/C17H26O5/c1-4-5-6-7-10-21-17(20)16(22-12(2)3)14-11-13(18)8-9-15(14)19/h8-9,11-12,16,18-19H,4-7,10H2,1-3H3. The number of rotatable bonds is 9. The van der Waals surface area contributed by atoms with Gasteiger partial charge in [0.2, 0.25) is 0 Å². The van der Waals surface area contributed by atoms with Gasteiger partial charge in [-0.1, -0.05) is 26.2 Å². The third-order valence-corrected chi connectivity index (χ3v) is 3.16. The number of ether oxygens (including phenoxy) is 2. The summed E-state index contributed by atoms with van der Waals surface area (Å²) in [6.45, 7) is 6.03. The Hall–Kier alpha value is -1.75. The van der Waals surface area contributed by atoms with Crippen LogP contribution in [0.25, 0.3) is 0 Å². The Morgan fingerprint density at radius 1 is 1.18 bits per heavy atom. The number of carbonyl (C=O) groups is 1. The summed E-state index contributed by atoms with van der Waals surface area (Å²) in [6.07, 6.45) is 2.77. The Bertz CT molecular complexity index is 470. The van der Waals surface area contributed by atoms with Gasteiger partial charge in [0.25, 0.3) is 0 Å². The van der Waals surface area contributed by atoms with Gasteiger partial charge in [-0.2, -0.15) is 0 Å². The minimum Gasteiger partial charge on any atom is -0.508 e. The third kappa shape index (κ3) is 5.93. The minimum absolute atomic E-state index is 0.0408. The lowest BCUT2D eigenvalue weighted by atomic mass is 10.1. The van der Waals surface area contributed by atoms with Gasteiger partial charge in [0.05, 0.1) is 12.7 Å². The number of carbonyl (C=O) groups excluding carboxylic acids is 1. The molecule has 0 fully saturated rings. The average Bonchev–Trinajstić information content (AvgIpc) is 2.47. The SMILES string of the molecule is CCCCCCOC(=O)C(OC(C)C)c1cc(O)ccc1O. The van der Waals surface area contributed by atoms with Crippen molar-refractivity contribution < 1.29 is 24.5 Å². The van der Waals surface area contributed by atoms with Gasteiger partial charge < -0.3 is 19.7 Å². The summed E-state index contributed by atoms with van der Waals surface area (Å²) < 4.78 is 10.8. The average molecular weight is 310 g/mol. The van der Waals surface area contributed by atoms with Crippen LogP contribution in [0.1, 0.15) is 58.1 Å². The first-order chi connectivity index (χ1) is 10.5. The summed E-state index contributed by atoms with van der Waals surface area (Å²) in [5.41, 5.74) is 0.215. The number of esters is 1. The number of hydrogen-bond donors (Lipinski definition) is 2. The molecule has 124 valence electrons. The van der Waals surface area contributed by atoms with Crippen LogP contribution in [0.15, 0.2) is 18.2 Å². The topological polar surface area (TPSA) is 76.0 Å². The fourth-order valence-electron chi connectivity index (χ4n) is 2.06. The van der Waals surface area contributed by atoms with Crippen LogP contribution in [-0.2, 0) is 14.3 Å². The molecule has 1 unspecified atom stereocenters. The summed E-state index contributed by atoms with van der Waals surface area (Å²) in [5.74, 6) is -0.696. The maximum Gasteiger partial charge on any atom is 0.340 e. The smallest absolute Gasteiger partial charge is 0.340 e. The first kappa shape index (κ1) is 18.3. The Kier molecular flexibility index (Phi) is 7.74. The number of unbranched alkanes of at least 4 members (excludes halogenated alkanes) is 3. The summed E-state index contributed by atoms with van der Waals surface area (Å²) in [7, 11) is 0.